The summed E-state index contributed by atoms with van der Waals surface area (Å²) in [6, 6.07) is 1.92. The highest BCUT2D eigenvalue weighted by Crippen LogP contribution is 2.19. The van der Waals surface area contributed by atoms with Gasteiger partial charge in [-0.15, -0.1) is 0 Å². The highest BCUT2D eigenvalue weighted by atomic mass is 14.9. The molecule has 3 nitrogen and oxygen atoms in total. The standard InChI is InChI=1S/C11H13N3/c1-11(2,3)10-13-6-8-4-5-12-7-9(8)14-10/h4-7H,1-3H3. The third-order valence-corrected chi connectivity index (χ3v) is 2.06. The van der Waals surface area contributed by atoms with Gasteiger partial charge in [-0.1, -0.05) is 20.8 Å². The molecule has 0 unspecified atom stereocenters. The third kappa shape index (κ3) is 1.58. The summed E-state index contributed by atoms with van der Waals surface area (Å²) in [6.07, 6.45) is 5.37. The Morgan fingerprint density at radius 1 is 1.14 bits per heavy atom. The van der Waals surface area contributed by atoms with Gasteiger partial charge in [0.1, 0.15) is 5.82 Å². The van der Waals surface area contributed by atoms with E-state index in [0.29, 0.717) is 0 Å². The molecular weight excluding hydrogens is 174 g/mol. The Bertz CT molecular complexity index is 457. The summed E-state index contributed by atoms with van der Waals surface area (Å²) in [5.41, 5.74) is 0.900. The van der Waals surface area contributed by atoms with Crippen molar-refractivity contribution in [2.75, 3.05) is 0 Å². The van der Waals surface area contributed by atoms with E-state index in [-0.39, 0.29) is 5.41 Å². The Morgan fingerprint density at radius 3 is 2.64 bits per heavy atom. The molecule has 3 heteroatoms. The van der Waals surface area contributed by atoms with Gasteiger partial charge in [0.05, 0.1) is 11.7 Å². The Labute approximate surface area is 83.2 Å². The summed E-state index contributed by atoms with van der Waals surface area (Å²) < 4.78 is 0. The van der Waals surface area contributed by atoms with E-state index in [1.54, 1.807) is 12.4 Å². The molecule has 0 atom stereocenters. The number of fused-ring (bicyclic) bond motifs is 1. The third-order valence-electron chi connectivity index (χ3n) is 2.06. The number of aromatic nitrogens is 3. The average Bonchev–Trinajstić information content (AvgIpc) is 2.16. The molecule has 0 aliphatic carbocycles. The van der Waals surface area contributed by atoms with Gasteiger partial charge in [-0.2, -0.15) is 0 Å². The Kier molecular flexibility index (Phi) is 1.95. The van der Waals surface area contributed by atoms with Crippen LogP contribution in [0.4, 0.5) is 0 Å². The fourth-order valence-electron chi connectivity index (χ4n) is 1.23. The molecule has 0 aromatic carbocycles. The molecule has 2 heterocycles. The minimum absolute atomic E-state index is 0.00989. The Morgan fingerprint density at radius 2 is 1.93 bits per heavy atom. The van der Waals surface area contributed by atoms with E-state index in [0.717, 1.165) is 16.7 Å². The van der Waals surface area contributed by atoms with E-state index in [2.05, 4.69) is 35.7 Å². The van der Waals surface area contributed by atoms with Gasteiger partial charge >= 0.3 is 0 Å². The van der Waals surface area contributed by atoms with Crippen LogP contribution in [0, 0.1) is 0 Å². The molecule has 0 N–H and O–H groups in total. The molecule has 0 bridgehead atoms. The molecule has 0 amide bonds. The number of rotatable bonds is 0. The van der Waals surface area contributed by atoms with Gasteiger partial charge in [-0.25, -0.2) is 9.97 Å². The zero-order valence-corrected chi connectivity index (χ0v) is 8.65. The van der Waals surface area contributed by atoms with E-state index in [1.165, 1.54) is 0 Å². The van der Waals surface area contributed by atoms with Crippen LogP contribution in [0.5, 0.6) is 0 Å². The highest BCUT2D eigenvalue weighted by Gasteiger charge is 2.17. The summed E-state index contributed by atoms with van der Waals surface area (Å²) in [5, 5.41) is 1.04. The number of hydrogen-bond donors (Lipinski definition) is 0. The molecule has 0 aliphatic heterocycles. The van der Waals surface area contributed by atoms with Gasteiger partial charge in [0.25, 0.3) is 0 Å². The molecule has 0 fully saturated rings. The predicted molar refractivity (Wildman–Crippen MR) is 56.0 cm³/mol. The van der Waals surface area contributed by atoms with Crippen LogP contribution in [0.25, 0.3) is 10.9 Å². The van der Waals surface area contributed by atoms with Gasteiger partial charge in [-0.05, 0) is 6.07 Å². The van der Waals surface area contributed by atoms with Crippen molar-refractivity contribution in [3.05, 3.63) is 30.5 Å². The van der Waals surface area contributed by atoms with Crippen LogP contribution in [0.15, 0.2) is 24.7 Å². The summed E-state index contributed by atoms with van der Waals surface area (Å²) in [6.45, 7) is 6.31. The Balaban J connectivity index is 2.63. The summed E-state index contributed by atoms with van der Waals surface area (Å²) in [5.74, 6) is 0.859. The van der Waals surface area contributed by atoms with E-state index < -0.39 is 0 Å². The summed E-state index contributed by atoms with van der Waals surface area (Å²) in [4.78, 5) is 12.9. The lowest BCUT2D eigenvalue weighted by Gasteiger charge is -2.16. The molecule has 2 aromatic heterocycles. The quantitative estimate of drug-likeness (QED) is 0.635. The summed E-state index contributed by atoms with van der Waals surface area (Å²) >= 11 is 0. The van der Waals surface area contributed by atoms with E-state index in [4.69, 9.17) is 0 Å². The molecule has 14 heavy (non-hydrogen) atoms. The van der Waals surface area contributed by atoms with Crippen molar-refractivity contribution < 1.29 is 0 Å². The second-order valence-electron chi connectivity index (χ2n) is 4.38. The lowest BCUT2D eigenvalue weighted by Crippen LogP contribution is -2.15. The molecule has 0 saturated carbocycles. The highest BCUT2D eigenvalue weighted by molar-refractivity contribution is 5.76. The molecular formula is C11H13N3. The van der Waals surface area contributed by atoms with Crippen LogP contribution in [0.2, 0.25) is 0 Å². The minimum Gasteiger partial charge on any atom is -0.262 e. The molecule has 2 rings (SSSR count). The van der Waals surface area contributed by atoms with E-state index >= 15 is 0 Å². The predicted octanol–water partition coefficient (Wildman–Crippen LogP) is 2.32. The van der Waals surface area contributed by atoms with Crippen LogP contribution in [-0.2, 0) is 5.41 Å². The minimum atomic E-state index is -0.00989. The Hall–Kier alpha value is -1.51. The smallest absolute Gasteiger partial charge is 0.134 e. The average molecular weight is 187 g/mol. The van der Waals surface area contributed by atoms with Gasteiger partial charge in [0.15, 0.2) is 0 Å². The first-order valence-electron chi connectivity index (χ1n) is 4.64. The SMILES string of the molecule is CC(C)(C)c1ncc2ccncc2n1. The second kappa shape index (κ2) is 3.01. The number of nitrogens with zero attached hydrogens (tertiary/aromatic N) is 3. The molecule has 2 aromatic rings. The van der Waals surface area contributed by atoms with Crippen molar-refractivity contribution in [1.29, 1.82) is 0 Å². The van der Waals surface area contributed by atoms with E-state index in [9.17, 15) is 0 Å². The first kappa shape index (κ1) is 9.06. The van der Waals surface area contributed by atoms with Crippen LogP contribution in [0.1, 0.15) is 26.6 Å². The van der Waals surface area contributed by atoms with Crippen molar-refractivity contribution >= 4 is 10.9 Å². The molecule has 0 saturated heterocycles. The first-order valence-corrected chi connectivity index (χ1v) is 4.64. The van der Waals surface area contributed by atoms with Crippen molar-refractivity contribution in [2.24, 2.45) is 0 Å². The fourth-order valence-corrected chi connectivity index (χ4v) is 1.23. The maximum Gasteiger partial charge on any atom is 0.134 e. The zero-order chi connectivity index (χ0) is 10.2. The largest absolute Gasteiger partial charge is 0.262 e. The van der Waals surface area contributed by atoms with Crippen LogP contribution in [0.3, 0.4) is 0 Å². The van der Waals surface area contributed by atoms with Crippen LogP contribution < -0.4 is 0 Å². The second-order valence-corrected chi connectivity index (χ2v) is 4.38. The zero-order valence-electron chi connectivity index (χ0n) is 8.65. The van der Waals surface area contributed by atoms with Gasteiger partial charge in [0.2, 0.25) is 0 Å². The molecule has 0 aliphatic rings. The topological polar surface area (TPSA) is 38.7 Å². The van der Waals surface area contributed by atoms with Crippen LogP contribution in [-0.4, -0.2) is 15.0 Å². The van der Waals surface area contributed by atoms with Crippen LogP contribution >= 0.6 is 0 Å². The maximum atomic E-state index is 4.47. The monoisotopic (exact) mass is 187 g/mol. The fraction of sp³-hybridized carbons (Fsp3) is 0.364. The van der Waals surface area contributed by atoms with Crippen molar-refractivity contribution in [3.63, 3.8) is 0 Å². The van der Waals surface area contributed by atoms with Crippen molar-refractivity contribution in [3.8, 4) is 0 Å². The van der Waals surface area contributed by atoms with Gasteiger partial charge in [-0.3, -0.25) is 4.98 Å². The summed E-state index contributed by atoms with van der Waals surface area (Å²) in [7, 11) is 0. The lowest BCUT2D eigenvalue weighted by molar-refractivity contribution is 0.548. The van der Waals surface area contributed by atoms with Crippen molar-refractivity contribution in [1.82, 2.24) is 15.0 Å². The van der Waals surface area contributed by atoms with Crippen molar-refractivity contribution in [2.45, 2.75) is 26.2 Å². The molecule has 72 valence electrons. The van der Waals surface area contributed by atoms with Gasteiger partial charge in [0, 0.05) is 23.2 Å². The normalized spacial score (nSPS) is 11.9. The van der Waals surface area contributed by atoms with E-state index in [1.807, 2.05) is 12.3 Å². The number of pyridine rings is 1. The number of hydrogen-bond acceptors (Lipinski definition) is 3. The molecule has 0 spiro atoms. The maximum absolute atomic E-state index is 4.47. The molecule has 0 radical (unpaired) electrons. The van der Waals surface area contributed by atoms with Gasteiger partial charge < -0.3 is 0 Å². The lowest BCUT2D eigenvalue weighted by atomic mass is 9.95. The first-order chi connectivity index (χ1) is 6.57.